The van der Waals surface area contributed by atoms with Crippen molar-refractivity contribution >= 4 is 91.4 Å². The molecule has 5 atom stereocenters. The zero-order valence-corrected chi connectivity index (χ0v) is 48.0. The van der Waals surface area contributed by atoms with Crippen molar-refractivity contribution in [2.45, 2.75) is 71.9 Å². The number of carbonyl (C=O) groups is 5. The highest BCUT2D eigenvalue weighted by atomic mass is 128. The minimum atomic E-state index is -2.27. The minimum absolute atomic E-state index is 0. The van der Waals surface area contributed by atoms with Gasteiger partial charge in [0, 0.05) is 96.1 Å². The van der Waals surface area contributed by atoms with Crippen molar-refractivity contribution in [1.82, 2.24) is 29.4 Å². The number of halogens is 3. The highest BCUT2D eigenvalue weighted by Gasteiger charge is 2.29. The third-order valence-electron chi connectivity index (χ3n) is 10.1. The molecule has 3 aromatic carbocycles. The first-order valence-corrected chi connectivity index (χ1v) is 27.2. The molecule has 0 aliphatic rings. The van der Waals surface area contributed by atoms with E-state index in [1.807, 2.05) is 118 Å². The Morgan fingerprint density at radius 3 is 0.851 bits per heavy atom. The number of ether oxygens (including phenoxy) is 3. The number of carboxylic acid groups (broad SMARTS) is 2. The number of rotatable bonds is 15. The van der Waals surface area contributed by atoms with E-state index in [2.05, 4.69) is 72.7 Å². The summed E-state index contributed by atoms with van der Waals surface area (Å²) in [6.07, 6.45) is -5.51. The SMILES string of the molecule is CCN(C)C(=O)Oc1cccc(C(C)N(C)C)c1.CCN(C)C(=O)Oc1cccc([C@H](C)N(C)C)c1.CCN(C)C(=O)Oc1cccc([C@H](C)N(C)C)c1.I.II.O=C(O)[C@H](O)[C@@H](O)C(=O)O. The van der Waals surface area contributed by atoms with Crippen LogP contribution >= 0.6 is 61.2 Å². The second kappa shape index (κ2) is 36.4. The molecule has 4 N–H and O–H groups in total. The molecule has 0 saturated heterocycles. The van der Waals surface area contributed by atoms with Crippen molar-refractivity contribution in [3.63, 3.8) is 0 Å². The molecule has 0 aliphatic carbocycles. The summed E-state index contributed by atoms with van der Waals surface area (Å²) in [5.41, 5.74) is 3.39. The van der Waals surface area contributed by atoms with E-state index in [-0.39, 0.29) is 60.4 Å². The van der Waals surface area contributed by atoms with Crippen LogP contribution in [0.1, 0.15) is 76.4 Å². The summed E-state index contributed by atoms with van der Waals surface area (Å²) in [7, 11) is 17.3. The fourth-order valence-electron chi connectivity index (χ4n) is 4.60. The number of aliphatic carboxylic acids is 2. The van der Waals surface area contributed by atoms with E-state index in [0.717, 1.165) is 16.7 Å². The van der Waals surface area contributed by atoms with Gasteiger partial charge in [0.1, 0.15) is 17.2 Å². The van der Waals surface area contributed by atoms with Crippen molar-refractivity contribution in [1.29, 1.82) is 0 Å². The summed E-state index contributed by atoms with van der Waals surface area (Å²) in [6.45, 7) is 14.0. The highest BCUT2D eigenvalue weighted by molar-refractivity contribution is 15.0. The molecule has 0 saturated carbocycles. The predicted molar refractivity (Wildman–Crippen MR) is 289 cm³/mol. The number of aliphatic hydroxyl groups excluding tert-OH is 2. The van der Waals surface area contributed by atoms with E-state index in [4.69, 9.17) is 34.6 Å². The molecule has 3 aromatic rings. The van der Waals surface area contributed by atoms with E-state index in [0.29, 0.717) is 36.9 Å². The van der Waals surface area contributed by atoms with Gasteiger partial charge in [0.25, 0.3) is 0 Å². The van der Waals surface area contributed by atoms with E-state index < -0.39 is 24.1 Å². The van der Waals surface area contributed by atoms with Crippen LogP contribution in [0, 0.1) is 0 Å². The van der Waals surface area contributed by atoms with Gasteiger partial charge < -0.3 is 64.0 Å². The van der Waals surface area contributed by atoms with E-state index >= 15 is 0 Å². The van der Waals surface area contributed by atoms with Crippen LogP contribution in [0.25, 0.3) is 0 Å². The molecule has 0 aromatic heterocycles. The van der Waals surface area contributed by atoms with Crippen LogP contribution in [-0.2, 0) is 9.59 Å². The summed E-state index contributed by atoms with van der Waals surface area (Å²) in [5, 5.41) is 32.5. The zero-order valence-electron chi connectivity index (χ0n) is 41.3. The van der Waals surface area contributed by atoms with Gasteiger partial charge in [0.05, 0.1) is 0 Å². The number of carboxylic acids is 2. The number of hydrogen-bond donors (Lipinski definition) is 4. The van der Waals surface area contributed by atoms with Crippen LogP contribution < -0.4 is 14.2 Å². The minimum Gasteiger partial charge on any atom is -0.479 e. The van der Waals surface area contributed by atoms with E-state index in [1.54, 1.807) is 39.3 Å². The molecular weight excluding hydrogens is 1210 g/mol. The summed E-state index contributed by atoms with van der Waals surface area (Å²) in [4.78, 5) is 65.4. The summed E-state index contributed by atoms with van der Waals surface area (Å²) in [6, 6.07) is 23.8. The monoisotopic (exact) mass is 1280 g/mol. The third-order valence-corrected chi connectivity index (χ3v) is 10.1. The molecule has 3 amide bonds. The molecule has 0 radical (unpaired) electrons. The van der Waals surface area contributed by atoms with Crippen molar-refractivity contribution in [3.05, 3.63) is 89.5 Å². The van der Waals surface area contributed by atoms with Gasteiger partial charge in [-0.1, -0.05) is 36.4 Å². The van der Waals surface area contributed by atoms with Gasteiger partial charge in [0.2, 0.25) is 0 Å². The van der Waals surface area contributed by atoms with Gasteiger partial charge in [-0.05, 0) is 137 Å². The van der Waals surface area contributed by atoms with Crippen LogP contribution in [-0.4, -0.2) is 175 Å². The van der Waals surface area contributed by atoms with E-state index in [9.17, 15) is 24.0 Å². The van der Waals surface area contributed by atoms with Crippen LogP contribution in [0.2, 0.25) is 0 Å². The van der Waals surface area contributed by atoms with Crippen LogP contribution in [0.3, 0.4) is 0 Å². The first-order chi connectivity index (χ1) is 30.8. The number of aliphatic hydroxyl groups is 2. The van der Waals surface area contributed by atoms with Gasteiger partial charge >= 0.3 is 30.2 Å². The molecule has 21 heteroatoms. The maximum atomic E-state index is 11.7. The average molecular weight is 1280 g/mol. The smallest absolute Gasteiger partial charge is 0.414 e. The maximum Gasteiger partial charge on any atom is 0.414 e. The van der Waals surface area contributed by atoms with Crippen LogP contribution in [0.5, 0.6) is 17.2 Å². The highest BCUT2D eigenvalue weighted by Crippen LogP contribution is 2.25. The average Bonchev–Trinajstić information content (AvgIpc) is 3.30. The number of amides is 3. The lowest BCUT2D eigenvalue weighted by atomic mass is 10.1. The Morgan fingerprint density at radius 2 is 0.687 bits per heavy atom. The van der Waals surface area contributed by atoms with E-state index in [1.165, 1.54) is 14.7 Å². The van der Waals surface area contributed by atoms with Crippen LogP contribution in [0.4, 0.5) is 14.4 Å². The van der Waals surface area contributed by atoms with Gasteiger partial charge in [-0.3, -0.25) is 0 Å². The second-order valence-electron chi connectivity index (χ2n) is 15.3. The van der Waals surface area contributed by atoms with Crippen molar-refractivity contribution in [2.75, 3.05) is 83.1 Å². The van der Waals surface area contributed by atoms with Crippen molar-refractivity contribution in [2.24, 2.45) is 0 Å². The maximum absolute atomic E-state index is 11.7. The standard InChI is InChI=1S/3C14H22N2O2.C4H6O6.I2.HI/c3*1-6-16(5)14(17)18-13-9-7-8-12(10-13)11(2)15(3)4;5-1(3(7)8)2(6)4(9)10;1-2;/h3*7-11H,6H2,1-5H3;1-2,5-6H,(H,7,8)(H,9,10);;1H/t2*11-;;1-,2-;;/m00.1../s1. The molecule has 18 nitrogen and oxygen atoms in total. The molecule has 67 heavy (non-hydrogen) atoms. The quantitative estimate of drug-likeness (QED) is 0.105. The van der Waals surface area contributed by atoms with Crippen molar-refractivity contribution < 1.29 is 58.6 Å². The van der Waals surface area contributed by atoms with Gasteiger partial charge in [0.15, 0.2) is 12.2 Å². The molecule has 0 fully saturated rings. The lowest BCUT2D eigenvalue weighted by Gasteiger charge is -2.21. The first-order valence-electron chi connectivity index (χ1n) is 20.9. The van der Waals surface area contributed by atoms with Crippen LogP contribution in [0.15, 0.2) is 72.8 Å². The summed E-state index contributed by atoms with van der Waals surface area (Å²) >= 11 is 4.24. The number of carbonyl (C=O) groups excluding carboxylic acids is 3. The van der Waals surface area contributed by atoms with Gasteiger partial charge in [-0.2, -0.15) is 0 Å². The molecule has 0 heterocycles. The topological polar surface area (TPSA) is 213 Å². The predicted octanol–water partition coefficient (Wildman–Crippen LogP) is 8.55. The number of hydrogen-bond acceptors (Lipinski definition) is 13. The molecule has 0 bridgehead atoms. The first kappa shape index (κ1) is 67.7. The Labute approximate surface area is 437 Å². The van der Waals surface area contributed by atoms with Crippen molar-refractivity contribution in [3.8, 4) is 17.2 Å². The summed E-state index contributed by atoms with van der Waals surface area (Å²) < 4.78 is 15.9. The molecular formula is C46H73I3N6O12. The number of benzene rings is 3. The Balaban J connectivity index is -0.000000816. The largest absolute Gasteiger partial charge is 0.479 e. The Bertz CT molecular complexity index is 1710. The fourth-order valence-corrected chi connectivity index (χ4v) is 4.60. The number of nitrogens with zero attached hydrogens (tertiary/aromatic N) is 6. The fraction of sp³-hybridized carbons (Fsp3) is 0.500. The second-order valence-corrected chi connectivity index (χ2v) is 15.3. The Kier molecular flexibility index (Phi) is 36.8. The molecule has 3 rings (SSSR count). The third kappa shape index (κ3) is 26.7. The lowest BCUT2D eigenvalue weighted by Crippen LogP contribution is -2.39. The normalized spacial score (nSPS) is 12.4. The molecule has 0 aliphatic heterocycles. The van der Waals surface area contributed by atoms with Gasteiger partial charge in [-0.25, -0.2) is 24.0 Å². The Hall–Kier alpha value is -3.60. The summed E-state index contributed by atoms with van der Waals surface area (Å²) in [5.74, 6) is -1.77. The molecule has 1 unspecified atom stereocenters. The Morgan fingerprint density at radius 1 is 0.478 bits per heavy atom. The lowest BCUT2D eigenvalue weighted by molar-refractivity contribution is -0.165. The molecule has 0 spiro atoms. The molecule has 380 valence electrons. The zero-order chi connectivity index (χ0) is 51.4. The van der Waals surface area contributed by atoms with Gasteiger partial charge in [-0.15, -0.1) is 24.0 Å².